The minimum atomic E-state index is -0.972. The number of hydrogen-bond donors (Lipinski definition) is 1. The number of hydrogen-bond acceptors (Lipinski definition) is 11. The Morgan fingerprint density at radius 3 is 2.69 bits per heavy atom. The Morgan fingerprint density at radius 1 is 1.16 bits per heavy atom. The van der Waals surface area contributed by atoms with Gasteiger partial charge in [-0.1, -0.05) is 17.7 Å². The van der Waals surface area contributed by atoms with Crippen LogP contribution in [0.3, 0.4) is 0 Å². The average molecular weight is 812 g/mol. The molecule has 4 saturated heterocycles. The Hall–Kier alpha value is -4.43. The quantitative estimate of drug-likeness (QED) is 0.190. The Balaban J connectivity index is 1.15. The summed E-state index contributed by atoms with van der Waals surface area (Å²) in [5.74, 6) is -1.000. The fourth-order valence-corrected chi connectivity index (χ4v) is 11.2. The topological polar surface area (TPSA) is 142 Å². The Morgan fingerprint density at radius 2 is 1.95 bits per heavy atom. The molecule has 1 spiro atoms. The van der Waals surface area contributed by atoms with E-state index in [2.05, 4.69) is 24.9 Å². The van der Waals surface area contributed by atoms with Crippen molar-refractivity contribution < 1.29 is 22.7 Å². The van der Waals surface area contributed by atoms with Gasteiger partial charge in [0.1, 0.15) is 47.3 Å². The zero-order chi connectivity index (χ0) is 38.6. The summed E-state index contributed by atoms with van der Waals surface area (Å²) in [6.45, 7) is 6.27. The summed E-state index contributed by atoms with van der Waals surface area (Å²) in [6, 6.07) is 5.39. The molecule has 4 aliphatic rings. The number of carbonyl (C=O) groups excluding carboxylic acids is 1. The molecule has 0 radical (unpaired) electrons. The lowest BCUT2D eigenvalue weighted by molar-refractivity contribution is -0.0962. The molecule has 55 heavy (non-hydrogen) atoms. The van der Waals surface area contributed by atoms with E-state index in [1.165, 1.54) is 18.5 Å². The van der Waals surface area contributed by atoms with Gasteiger partial charge in [-0.3, -0.25) is 4.90 Å². The molecule has 4 atom stereocenters. The Labute approximate surface area is 327 Å². The van der Waals surface area contributed by atoms with Crippen LogP contribution in [0.4, 0.5) is 28.8 Å². The van der Waals surface area contributed by atoms with Crippen LogP contribution in [-0.2, 0) is 0 Å². The van der Waals surface area contributed by atoms with E-state index in [9.17, 15) is 14.4 Å². The van der Waals surface area contributed by atoms with Gasteiger partial charge in [-0.05, 0) is 75.4 Å². The highest BCUT2D eigenvalue weighted by Gasteiger charge is 2.60. The molecule has 5 aromatic rings. The minimum absolute atomic E-state index is 0.00545. The minimum Gasteiger partial charge on any atom is -0.461 e. The van der Waals surface area contributed by atoms with Crippen molar-refractivity contribution in [2.45, 2.75) is 69.7 Å². The lowest BCUT2D eigenvalue weighted by Gasteiger charge is -2.64. The lowest BCUT2D eigenvalue weighted by atomic mass is 9.61. The molecule has 4 aliphatic heterocycles. The maximum atomic E-state index is 17.3. The number of likely N-dealkylation sites (tertiary alicyclic amines) is 1. The number of aromatic nitrogens is 5. The van der Waals surface area contributed by atoms with Crippen molar-refractivity contribution in [3.63, 3.8) is 0 Å². The van der Waals surface area contributed by atoms with Gasteiger partial charge in [0.2, 0.25) is 5.28 Å². The van der Waals surface area contributed by atoms with Crippen molar-refractivity contribution in [1.29, 1.82) is 5.26 Å². The molecule has 2 N–H and O–H groups in total. The fourth-order valence-electron chi connectivity index (χ4n) is 9.79. The predicted molar refractivity (Wildman–Crippen MR) is 203 cm³/mol. The van der Waals surface area contributed by atoms with Crippen molar-refractivity contribution in [3.05, 3.63) is 52.0 Å². The first kappa shape index (κ1) is 36.2. The molecule has 3 aromatic heterocycles. The second kappa shape index (κ2) is 13.1. The van der Waals surface area contributed by atoms with Gasteiger partial charge >= 0.3 is 12.0 Å². The van der Waals surface area contributed by atoms with Gasteiger partial charge in [-0.2, -0.15) is 19.9 Å². The molecule has 4 fully saturated rings. The summed E-state index contributed by atoms with van der Waals surface area (Å²) in [7, 11) is 0. The molecule has 0 aliphatic carbocycles. The van der Waals surface area contributed by atoms with Crippen molar-refractivity contribution >= 4 is 72.4 Å². The summed E-state index contributed by atoms with van der Waals surface area (Å²) < 4.78 is 54.6. The molecule has 7 heterocycles. The van der Waals surface area contributed by atoms with Crippen molar-refractivity contribution in [2.24, 2.45) is 5.41 Å². The van der Waals surface area contributed by atoms with E-state index in [4.69, 9.17) is 38.7 Å². The monoisotopic (exact) mass is 810 g/mol. The number of anilines is 2. The number of benzene rings is 2. The number of rotatable bonds is 5. The second-order valence-electron chi connectivity index (χ2n) is 15.1. The highest BCUT2D eigenvalue weighted by atomic mass is 35.5. The number of piperidine rings is 1. The van der Waals surface area contributed by atoms with Crippen LogP contribution in [0.5, 0.6) is 6.01 Å². The average Bonchev–Trinajstić information content (AvgIpc) is 3.93. The number of carbonyl (C=O) groups is 1. The normalized spacial score (nSPS) is 24.8. The van der Waals surface area contributed by atoms with Gasteiger partial charge in [0.05, 0.1) is 20.8 Å². The van der Waals surface area contributed by atoms with Crippen molar-refractivity contribution in [1.82, 2.24) is 34.5 Å². The maximum absolute atomic E-state index is 17.3. The lowest BCUT2D eigenvalue weighted by Crippen LogP contribution is -2.75. The van der Waals surface area contributed by atoms with Crippen LogP contribution in [0, 0.1) is 28.4 Å². The van der Waals surface area contributed by atoms with Gasteiger partial charge in [0.25, 0.3) is 0 Å². The molecular weight excluding hydrogens is 776 g/mol. The van der Waals surface area contributed by atoms with Crippen LogP contribution in [0.2, 0.25) is 10.3 Å². The van der Waals surface area contributed by atoms with Gasteiger partial charge in [-0.25, -0.2) is 22.9 Å². The molecule has 0 bridgehead atoms. The molecule has 0 unspecified atom stereocenters. The highest BCUT2D eigenvalue weighted by Crippen LogP contribution is 2.52. The molecule has 286 valence electrons. The first-order valence-electron chi connectivity index (χ1n) is 18.1. The van der Waals surface area contributed by atoms with E-state index in [1.807, 2.05) is 19.9 Å². The smallest absolute Gasteiger partial charge is 0.346 e. The van der Waals surface area contributed by atoms with E-state index in [1.54, 1.807) is 11.0 Å². The molecule has 12 nitrogen and oxygen atoms in total. The predicted octanol–water partition coefficient (Wildman–Crippen LogP) is 7.44. The summed E-state index contributed by atoms with van der Waals surface area (Å²) in [5.41, 5.74) is 5.32. The van der Waals surface area contributed by atoms with Crippen LogP contribution < -0.4 is 15.4 Å². The molecule has 1 amide bonds. The van der Waals surface area contributed by atoms with Gasteiger partial charge in [0.15, 0.2) is 5.82 Å². The largest absolute Gasteiger partial charge is 0.461 e. The summed E-state index contributed by atoms with van der Waals surface area (Å²) in [4.78, 5) is 32.8. The third-order valence-corrected chi connectivity index (χ3v) is 14.0. The summed E-state index contributed by atoms with van der Waals surface area (Å²) in [5, 5.41) is 14.5. The van der Waals surface area contributed by atoms with Crippen LogP contribution >= 0.6 is 34.5 Å². The Bertz CT molecular complexity index is 2450. The van der Waals surface area contributed by atoms with E-state index < -0.39 is 23.3 Å². The number of nitriles is 1. The van der Waals surface area contributed by atoms with E-state index in [0.29, 0.717) is 37.3 Å². The van der Waals surface area contributed by atoms with Gasteiger partial charge in [0, 0.05) is 59.9 Å². The fraction of sp³-hybridized carbons (Fsp3) is 0.459. The number of amides is 1. The van der Waals surface area contributed by atoms with E-state index in [-0.39, 0.29) is 83.7 Å². The molecule has 0 saturated carbocycles. The molecule has 18 heteroatoms. The molecular formula is C37H35Cl2F3N10O2S. The number of halogens is 5. The van der Waals surface area contributed by atoms with Crippen LogP contribution in [0.15, 0.2) is 24.5 Å². The highest BCUT2D eigenvalue weighted by molar-refractivity contribution is 7.23. The summed E-state index contributed by atoms with van der Waals surface area (Å²) in [6.07, 6.45) is 3.89. The Kier molecular flexibility index (Phi) is 8.61. The number of thiophene rings is 1. The van der Waals surface area contributed by atoms with Crippen LogP contribution in [-0.4, -0.2) is 97.1 Å². The SMILES string of the molecule is C[C@H]1N(C(=O)n2cnc(Cl)n2)[C@H](C)C12CCCN(c1nc(OC[C@@]34CCCN3C[C@H](F)C4)nc3c(F)c(-c4ccc(F)c5sc(N)c(C#N)c45)c(Cl)cc13)C2. The second-order valence-corrected chi connectivity index (χ2v) is 16.9. The van der Waals surface area contributed by atoms with Crippen LogP contribution in [0.25, 0.3) is 32.1 Å². The first-order chi connectivity index (χ1) is 26.4. The maximum Gasteiger partial charge on any atom is 0.346 e. The van der Waals surface area contributed by atoms with E-state index >= 15 is 8.78 Å². The van der Waals surface area contributed by atoms with Crippen LogP contribution in [0.1, 0.15) is 51.5 Å². The third-order valence-electron chi connectivity index (χ3n) is 12.5. The zero-order valence-corrected chi connectivity index (χ0v) is 32.2. The number of alkyl halides is 1. The third kappa shape index (κ3) is 5.44. The number of ether oxygens (including phenoxy) is 1. The summed E-state index contributed by atoms with van der Waals surface area (Å²) >= 11 is 13.8. The zero-order valence-electron chi connectivity index (χ0n) is 29.8. The number of nitrogen functional groups attached to an aromatic ring is 1. The first-order valence-corrected chi connectivity index (χ1v) is 19.7. The number of fused-ring (bicyclic) bond motifs is 3. The molecule has 2 aromatic carbocycles. The number of nitrogens with zero attached hydrogens (tertiary/aromatic N) is 9. The number of nitrogens with two attached hydrogens (primary N) is 1. The van der Waals surface area contributed by atoms with Crippen molar-refractivity contribution in [3.8, 4) is 23.2 Å². The van der Waals surface area contributed by atoms with Crippen molar-refractivity contribution in [2.75, 3.05) is 43.4 Å². The molecule has 9 rings (SSSR count). The van der Waals surface area contributed by atoms with Gasteiger partial charge in [-0.15, -0.1) is 16.4 Å². The standard InChI is InChI=1S/C37H35Cl2F3N10O2S/c1-18-37(19(2)52(18)35(53)51-17-45-33(39)48-51)8-4-9-49(15-37)32-22-11-24(38)27(21-5-6-25(41)30-26(21)23(13-43)31(44)55-30)28(42)29(22)46-34(47-32)54-16-36-7-3-10-50(36)14-20(40)12-36/h5-6,11,17-20H,3-4,7-10,12,14-16,44H2,1-2H3/t18-,19-,20-,36+/m1/s1. The van der Waals surface area contributed by atoms with Gasteiger partial charge < -0.3 is 20.3 Å². The van der Waals surface area contributed by atoms with E-state index in [0.717, 1.165) is 48.2 Å².